The number of nitrogens with zero attached hydrogens (tertiary/aromatic N) is 3. The Kier molecular flexibility index (Phi) is 7.75. The molecule has 1 aromatic heterocycles. The molecule has 2 heterocycles. The van der Waals surface area contributed by atoms with Crippen molar-refractivity contribution in [2.75, 3.05) is 18.4 Å². The van der Waals surface area contributed by atoms with Crippen LogP contribution in [0, 0.1) is 5.92 Å². The van der Waals surface area contributed by atoms with E-state index in [2.05, 4.69) is 29.0 Å². The maximum atomic E-state index is 14.0. The van der Waals surface area contributed by atoms with Gasteiger partial charge in [0.25, 0.3) is 0 Å². The van der Waals surface area contributed by atoms with Crippen molar-refractivity contribution in [3.8, 4) is 5.69 Å². The predicted molar refractivity (Wildman–Crippen MR) is 148 cm³/mol. The van der Waals surface area contributed by atoms with Gasteiger partial charge < -0.3 is 10.2 Å². The SMILES string of the molecule is CC(C)N1CCC(Cc2ccc(NC(=O)Cc3ccc(-n4cnc5ccccc54)cc3)cc2C(F)(F)F)CC1. The zero-order chi connectivity index (χ0) is 27.6. The van der Waals surface area contributed by atoms with Crippen molar-refractivity contribution >= 4 is 22.6 Å². The molecule has 0 spiro atoms. The van der Waals surface area contributed by atoms with Gasteiger partial charge in [-0.1, -0.05) is 30.3 Å². The predicted octanol–water partition coefficient (Wildman–Crippen LogP) is 6.89. The Morgan fingerprint density at radius 2 is 1.74 bits per heavy atom. The maximum Gasteiger partial charge on any atom is 0.416 e. The first-order valence-electron chi connectivity index (χ1n) is 13.4. The molecule has 1 fully saturated rings. The molecule has 0 aliphatic carbocycles. The van der Waals surface area contributed by atoms with E-state index in [0.29, 0.717) is 18.0 Å². The van der Waals surface area contributed by atoms with Gasteiger partial charge in [-0.25, -0.2) is 4.98 Å². The fourth-order valence-corrected chi connectivity index (χ4v) is 5.41. The van der Waals surface area contributed by atoms with Crippen LogP contribution >= 0.6 is 0 Å². The standard InChI is InChI=1S/C31H33F3N4O/c1-21(2)37-15-13-23(14-16-37)17-24-9-10-25(19-27(24)31(32,33)34)36-30(39)18-22-7-11-26(12-8-22)38-20-35-28-5-3-4-6-29(28)38/h3-12,19-21,23H,13-18H2,1-2H3,(H,36,39). The van der Waals surface area contributed by atoms with Crippen molar-refractivity contribution < 1.29 is 18.0 Å². The van der Waals surface area contributed by atoms with Crippen LogP contribution in [0.4, 0.5) is 18.9 Å². The number of carbonyl (C=O) groups excluding carboxylic acids is 1. The summed E-state index contributed by atoms with van der Waals surface area (Å²) in [6, 6.07) is 19.9. The lowest BCUT2D eigenvalue weighted by atomic mass is 9.87. The maximum absolute atomic E-state index is 14.0. The number of para-hydroxylation sites is 2. The number of carbonyl (C=O) groups is 1. The van der Waals surface area contributed by atoms with Gasteiger partial charge in [0.2, 0.25) is 5.91 Å². The molecule has 4 aromatic rings. The number of amides is 1. The first-order valence-corrected chi connectivity index (χ1v) is 13.4. The quantitative estimate of drug-likeness (QED) is 0.281. The summed E-state index contributed by atoms with van der Waals surface area (Å²) in [5.74, 6) is -0.136. The third kappa shape index (κ3) is 6.33. The van der Waals surface area contributed by atoms with E-state index in [1.54, 1.807) is 12.4 Å². The molecular weight excluding hydrogens is 501 g/mol. The Bertz CT molecular complexity index is 1430. The Balaban J connectivity index is 1.24. The normalized spacial score (nSPS) is 15.2. The van der Waals surface area contributed by atoms with Crippen molar-refractivity contribution in [3.63, 3.8) is 0 Å². The molecule has 204 valence electrons. The molecule has 0 radical (unpaired) electrons. The van der Waals surface area contributed by atoms with Gasteiger partial charge in [0.05, 0.1) is 23.0 Å². The van der Waals surface area contributed by atoms with E-state index in [1.165, 1.54) is 6.07 Å². The Hall–Kier alpha value is -3.65. The average Bonchev–Trinajstić information content (AvgIpc) is 3.34. The number of fused-ring (bicyclic) bond motifs is 1. The van der Waals surface area contributed by atoms with Gasteiger partial charge >= 0.3 is 6.18 Å². The van der Waals surface area contributed by atoms with E-state index in [1.807, 2.05) is 53.1 Å². The minimum absolute atomic E-state index is 0.0580. The number of alkyl halides is 3. The van der Waals surface area contributed by atoms with Crippen LogP contribution in [0.2, 0.25) is 0 Å². The number of rotatable bonds is 7. The summed E-state index contributed by atoms with van der Waals surface area (Å²) in [5.41, 5.74) is 3.34. The van der Waals surface area contributed by atoms with Crippen LogP contribution in [0.1, 0.15) is 43.4 Å². The Morgan fingerprint density at radius 1 is 1.03 bits per heavy atom. The van der Waals surface area contributed by atoms with Crippen molar-refractivity contribution in [2.24, 2.45) is 5.92 Å². The zero-order valence-electron chi connectivity index (χ0n) is 22.2. The van der Waals surface area contributed by atoms with Crippen LogP contribution in [0.3, 0.4) is 0 Å². The lowest BCUT2D eigenvalue weighted by Gasteiger charge is -2.35. The third-order valence-electron chi connectivity index (χ3n) is 7.62. The molecule has 1 N–H and O–H groups in total. The number of nitrogens with one attached hydrogen (secondary N) is 1. The zero-order valence-corrected chi connectivity index (χ0v) is 22.2. The number of aromatic nitrogens is 2. The summed E-state index contributed by atoms with van der Waals surface area (Å²) in [7, 11) is 0. The number of hydrogen-bond donors (Lipinski definition) is 1. The van der Waals surface area contributed by atoms with Crippen molar-refractivity contribution in [3.05, 3.63) is 89.7 Å². The van der Waals surface area contributed by atoms with Gasteiger partial charge in [-0.2, -0.15) is 13.2 Å². The van der Waals surface area contributed by atoms with Gasteiger partial charge in [0.15, 0.2) is 0 Å². The lowest BCUT2D eigenvalue weighted by molar-refractivity contribution is -0.138. The number of anilines is 1. The number of piperidine rings is 1. The molecule has 1 aliphatic heterocycles. The monoisotopic (exact) mass is 534 g/mol. The van der Waals surface area contributed by atoms with E-state index in [9.17, 15) is 18.0 Å². The summed E-state index contributed by atoms with van der Waals surface area (Å²) in [6.45, 7) is 6.12. The summed E-state index contributed by atoms with van der Waals surface area (Å²) in [5, 5.41) is 2.66. The van der Waals surface area contributed by atoms with Gasteiger partial charge in [-0.15, -0.1) is 0 Å². The van der Waals surface area contributed by atoms with Gasteiger partial charge in [-0.3, -0.25) is 9.36 Å². The van der Waals surface area contributed by atoms with Crippen LogP contribution in [0.5, 0.6) is 0 Å². The molecular formula is C31H33F3N4O. The number of imidazole rings is 1. The molecule has 1 amide bonds. The summed E-state index contributed by atoms with van der Waals surface area (Å²) >= 11 is 0. The molecule has 39 heavy (non-hydrogen) atoms. The highest BCUT2D eigenvalue weighted by Gasteiger charge is 2.34. The van der Waals surface area contributed by atoms with Crippen LogP contribution < -0.4 is 5.32 Å². The Morgan fingerprint density at radius 3 is 2.44 bits per heavy atom. The molecule has 0 saturated carbocycles. The largest absolute Gasteiger partial charge is 0.416 e. The van der Waals surface area contributed by atoms with E-state index in [4.69, 9.17) is 0 Å². The summed E-state index contributed by atoms with van der Waals surface area (Å²) < 4.78 is 43.8. The summed E-state index contributed by atoms with van der Waals surface area (Å²) in [4.78, 5) is 19.5. The first-order chi connectivity index (χ1) is 18.7. The second-order valence-electron chi connectivity index (χ2n) is 10.6. The second-order valence-corrected chi connectivity index (χ2v) is 10.6. The topological polar surface area (TPSA) is 50.2 Å². The first kappa shape index (κ1) is 26.9. The highest BCUT2D eigenvalue weighted by atomic mass is 19.4. The van der Waals surface area contributed by atoms with Crippen LogP contribution in [-0.2, 0) is 23.8 Å². The third-order valence-corrected chi connectivity index (χ3v) is 7.62. The van der Waals surface area contributed by atoms with E-state index in [0.717, 1.165) is 54.3 Å². The average molecular weight is 535 g/mol. The van der Waals surface area contributed by atoms with Crippen LogP contribution in [0.15, 0.2) is 73.1 Å². The molecule has 3 aromatic carbocycles. The Labute approximate surface area is 226 Å². The van der Waals surface area contributed by atoms with E-state index < -0.39 is 11.7 Å². The molecule has 1 saturated heterocycles. The van der Waals surface area contributed by atoms with Gasteiger partial charge in [0.1, 0.15) is 6.33 Å². The molecule has 1 aliphatic rings. The molecule has 8 heteroatoms. The van der Waals surface area contributed by atoms with Crippen LogP contribution in [-0.4, -0.2) is 39.5 Å². The van der Waals surface area contributed by atoms with Crippen LogP contribution in [0.25, 0.3) is 16.7 Å². The fourth-order valence-electron chi connectivity index (χ4n) is 5.41. The minimum Gasteiger partial charge on any atom is -0.326 e. The number of hydrogen-bond acceptors (Lipinski definition) is 3. The highest BCUT2D eigenvalue weighted by Crippen LogP contribution is 2.36. The molecule has 0 atom stereocenters. The second kappa shape index (κ2) is 11.2. The van der Waals surface area contributed by atoms with Crippen molar-refractivity contribution in [1.29, 1.82) is 0 Å². The lowest BCUT2D eigenvalue weighted by Crippen LogP contribution is -2.39. The van der Waals surface area contributed by atoms with E-state index >= 15 is 0 Å². The highest BCUT2D eigenvalue weighted by molar-refractivity contribution is 5.92. The van der Waals surface area contributed by atoms with Crippen molar-refractivity contribution in [2.45, 2.75) is 51.7 Å². The summed E-state index contributed by atoms with van der Waals surface area (Å²) in [6.07, 6.45) is -0.491. The van der Waals surface area contributed by atoms with E-state index in [-0.39, 0.29) is 23.9 Å². The van der Waals surface area contributed by atoms with Gasteiger partial charge in [0, 0.05) is 17.4 Å². The number of likely N-dealkylation sites (tertiary alicyclic amines) is 1. The molecule has 0 bridgehead atoms. The molecule has 5 rings (SSSR count). The molecule has 5 nitrogen and oxygen atoms in total. The number of halogens is 3. The number of benzene rings is 3. The minimum atomic E-state index is -4.48. The smallest absolute Gasteiger partial charge is 0.326 e. The van der Waals surface area contributed by atoms with Gasteiger partial charge in [-0.05, 0) is 99.6 Å². The molecule has 0 unspecified atom stereocenters. The fraction of sp³-hybridized carbons (Fsp3) is 0.355. The van der Waals surface area contributed by atoms with Crippen molar-refractivity contribution in [1.82, 2.24) is 14.5 Å².